The van der Waals surface area contributed by atoms with Crippen LogP contribution in [-0.2, 0) is 12.8 Å². The van der Waals surface area contributed by atoms with Gasteiger partial charge in [-0.15, -0.1) is 0 Å². The summed E-state index contributed by atoms with van der Waals surface area (Å²) in [7, 11) is 0. The van der Waals surface area contributed by atoms with Crippen molar-refractivity contribution in [1.29, 1.82) is 0 Å². The van der Waals surface area contributed by atoms with Gasteiger partial charge in [-0.2, -0.15) is 0 Å². The van der Waals surface area contributed by atoms with Crippen molar-refractivity contribution in [3.63, 3.8) is 0 Å². The Morgan fingerprint density at radius 1 is 0.895 bits per heavy atom. The van der Waals surface area contributed by atoms with Gasteiger partial charge >= 0.3 is 0 Å². The molecule has 1 nitrogen and oxygen atoms in total. The number of benzene rings is 2. The summed E-state index contributed by atoms with van der Waals surface area (Å²) < 4.78 is 0. The van der Waals surface area contributed by atoms with Gasteiger partial charge in [0.25, 0.3) is 0 Å². The van der Waals surface area contributed by atoms with E-state index in [1.165, 1.54) is 47.6 Å². The number of phenolic OH excluding ortho intramolecular Hbond substituents is 1. The van der Waals surface area contributed by atoms with E-state index >= 15 is 0 Å². The number of unbranched alkanes of at least 4 members (excludes halogenated alkanes) is 2. The number of fused-ring (bicyclic) bond motifs is 1. The number of aromatic hydroxyl groups is 1. The fourth-order valence-electron chi connectivity index (χ4n) is 2.60. The first-order chi connectivity index (χ1) is 9.24. The minimum absolute atomic E-state index is 0.363. The predicted octanol–water partition coefficient (Wildman–Crippen LogP) is 5.23. The summed E-state index contributed by atoms with van der Waals surface area (Å²) in [6.07, 6.45) is 7.19. The highest BCUT2D eigenvalue weighted by Crippen LogP contribution is 2.27. The van der Waals surface area contributed by atoms with E-state index in [4.69, 9.17) is 0 Å². The fourth-order valence-corrected chi connectivity index (χ4v) is 2.60. The molecule has 19 heavy (non-hydrogen) atoms. The van der Waals surface area contributed by atoms with E-state index in [2.05, 4.69) is 32.0 Å². The molecule has 0 aromatic heterocycles. The van der Waals surface area contributed by atoms with Crippen LogP contribution in [0.1, 0.15) is 50.7 Å². The molecule has 0 aliphatic carbocycles. The standard InChI is InChI=1S/C18H24O/c1-3-5-7-14-11-15(8-6-4-2)18-10-9-17(19)13-16(18)12-14/h9-13,19H,3-8H2,1-2H3. The smallest absolute Gasteiger partial charge is 0.116 e. The highest BCUT2D eigenvalue weighted by molar-refractivity contribution is 5.87. The van der Waals surface area contributed by atoms with E-state index in [-0.39, 0.29) is 0 Å². The SMILES string of the molecule is CCCCc1cc(CCCC)c2ccc(O)cc2c1. The Hall–Kier alpha value is -1.50. The van der Waals surface area contributed by atoms with Gasteiger partial charge in [0, 0.05) is 0 Å². The Bertz CT molecular complexity index is 543. The Balaban J connectivity index is 2.42. The van der Waals surface area contributed by atoms with Crippen molar-refractivity contribution in [3.8, 4) is 5.75 Å². The number of phenols is 1. The molecule has 0 aliphatic heterocycles. The van der Waals surface area contributed by atoms with Crippen LogP contribution in [-0.4, -0.2) is 5.11 Å². The molecule has 0 heterocycles. The lowest BCUT2D eigenvalue weighted by atomic mass is 9.95. The highest BCUT2D eigenvalue weighted by Gasteiger charge is 2.05. The monoisotopic (exact) mass is 256 g/mol. The lowest BCUT2D eigenvalue weighted by Gasteiger charge is -2.10. The van der Waals surface area contributed by atoms with Gasteiger partial charge in [-0.05, 0) is 59.7 Å². The van der Waals surface area contributed by atoms with Crippen molar-refractivity contribution in [3.05, 3.63) is 41.5 Å². The topological polar surface area (TPSA) is 20.2 Å². The van der Waals surface area contributed by atoms with E-state index in [0.717, 1.165) is 12.8 Å². The third kappa shape index (κ3) is 3.50. The molecule has 1 heteroatoms. The minimum Gasteiger partial charge on any atom is -0.508 e. The quantitative estimate of drug-likeness (QED) is 0.750. The Morgan fingerprint density at radius 2 is 1.63 bits per heavy atom. The van der Waals surface area contributed by atoms with Crippen molar-refractivity contribution in [2.24, 2.45) is 0 Å². The molecule has 0 unspecified atom stereocenters. The van der Waals surface area contributed by atoms with Gasteiger partial charge in [-0.25, -0.2) is 0 Å². The van der Waals surface area contributed by atoms with Crippen LogP contribution in [0.4, 0.5) is 0 Å². The maximum Gasteiger partial charge on any atom is 0.116 e. The molecule has 0 radical (unpaired) electrons. The average molecular weight is 256 g/mol. The first-order valence-corrected chi connectivity index (χ1v) is 7.49. The number of rotatable bonds is 6. The van der Waals surface area contributed by atoms with Crippen LogP contribution >= 0.6 is 0 Å². The summed E-state index contributed by atoms with van der Waals surface area (Å²) in [5.74, 6) is 0.363. The molecule has 0 bridgehead atoms. The molecule has 0 atom stereocenters. The van der Waals surface area contributed by atoms with Gasteiger partial charge in [-0.3, -0.25) is 0 Å². The summed E-state index contributed by atoms with van der Waals surface area (Å²) >= 11 is 0. The Labute approximate surface area is 116 Å². The average Bonchev–Trinajstić information content (AvgIpc) is 2.42. The molecule has 0 amide bonds. The van der Waals surface area contributed by atoms with Crippen molar-refractivity contribution in [2.45, 2.75) is 52.4 Å². The maximum absolute atomic E-state index is 9.66. The second-order valence-corrected chi connectivity index (χ2v) is 5.37. The summed E-state index contributed by atoms with van der Waals surface area (Å²) in [4.78, 5) is 0. The normalized spacial score (nSPS) is 11.1. The van der Waals surface area contributed by atoms with E-state index in [1.54, 1.807) is 6.07 Å². The lowest BCUT2D eigenvalue weighted by Crippen LogP contribution is -1.92. The van der Waals surface area contributed by atoms with Gasteiger partial charge in [0.2, 0.25) is 0 Å². The van der Waals surface area contributed by atoms with Gasteiger partial charge in [-0.1, -0.05) is 44.9 Å². The van der Waals surface area contributed by atoms with Gasteiger partial charge in [0.15, 0.2) is 0 Å². The predicted molar refractivity (Wildman–Crippen MR) is 82.8 cm³/mol. The lowest BCUT2D eigenvalue weighted by molar-refractivity contribution is 0.476. The van der Waals surface area contributed by atoms with Gasteiger partial charge < -0.3 is 5.11 Å². The molecule has 1 N–H and O–H groups in total. The van der Waals surface area contributed by atoms with E-state index in [1.807, 2.05) is 6.07 Å². The van der Waals surface area contributed by atoms with Crippen molar-refractivity contribution < 1.29 is 5.11 Å². The minimum atomic E-state index is 0.363. The molecular formula is C18H24O. The van der Waals surface area contributed by atoms with Crippen molar-refractivity contribution >= 4 is 10.8 Å². The zero-order valence-corrected chi connectivity index (χ0v) is 12.1. The number of aryl methyl sites for hydroxylation is 2. The fraction of sp³-hybridized carbons (Fsp3) is 0.444. The summed E-state index contributed by atoms with van der Waals surface area (Å²) in [6.45, 7) is 4.46. The number of hydrogen-bond donors (Lipinski definition) is 1. The molecule has 2 aromatic rings. The first-order valence-electron chi connectivity index (χ1n) is 7.49. The van der Waals surface area contributed by atoms with Gasteiger partial charge in [0.05, 0.1) is 0 Å². The Morgan fingerprint density at radius 3 is 2.37 bits per heavy atom. The first kappa shape index (κ1) is 13.9. The molecule has 0 saturated heterocycles. The van der Waals surface area contributed by atoms with Crippen LogP contribution in [0.2, 0.25) is 0 Å². The summed E-state index contributed by atoms with van der Waals surface area (Å²) in [5, 5.41) is 12.1. The number of hydrogen-bond acceptors (Lipinski definition) is 1. The molecular weight excluding hydrogens is 232 g/mol. The van der Waals surface area contributed by atoms with Crippen LogP contribution in [0.3, 0.4) is 0 Å². The zero-order chi connectivity index (χ0) is 13.7. The van der Waals surface area contributed by atoms with Crippen LogP contribution in [0, 0.1) is 0 Å². The second-order valence-electron chi connectivity index (χ2n) is 5.37. The highest BCUT2D eigenvalue weighted by atomic mass is 16.3. The molecule has 102 valence electrons. The third-order valence-corrected chi connectivity index (χ3v) is 3.70. The second kappa shape index (κ2) is 6.60. The zero-order valence-electron chi connectivity index (χ0n) is 12.1. The maximum atomic E-state index is 9.66. The van der Waals surface area contributed by atoms with Crippen LogP contribution in [0.5, 0.6) is 5.75 Å². The summed E-state index contributed by atoms with van der Waals surface area (Å²) in [5.41, 5.74) is 2.84. The largest absolute Gasteiger partial charge is 0.508 e. The van der Waals surface area contributed by atoms with Gasteiger partial charge in [0.1, 0.15) is 5.75 Å². The van der Waals surface area contributed by atoms with Crippen LogP contribution in [0.25, 0.3) is 10.8 Å². The third-order valence-electron chi connectivity index (χ3n) is 3.70. The van der Waals surface area contributed by atoms with Crippen LogP contribution in [0.15, 0.2) is 30.3 Å². The molecule has 0 spiro atoms. The molecule has 0 saturated carbocycles. The van der Waals surface area contributed by atoms with Crippen molar-refractivity contribution in [1.82, 2.24) is 0 Å². The Kier molecular flexibility index (Phi) is 4.84. The van der Waals surface area contributed by atoms with Crippen LogP contribution < -0.4 is 0 Å². The van der Waals surface area contributed by atoms with E-state index < -0.39 is 0 Å². The summed E-state index contributed by atoms with van der Waals surface area (Å²) in [6, 6.07) is 10.3. The molecule has 0 aliphatic rings. The van der Waals surface area contributed by atoms with E-state index in [9.17, 15) is 5.11 Å². The van der Waals surface area contributed by atoms with E-state index in [0.29, 0.717) is 5.75 Å². The molecule has 0 fully saturated rings. The van der Waals surface area contributed by atoms with Crippen molar-refractivity contribution in [2.75, 3.05) is 0 Å². The molecule has 2 aromatic carbocycles. The molecule has 2 rings (SSSR count).